The maximum absolute atomic E-state index is 12.4. The first-order valence-corrected chi connectivity index (χ1v) is 8.13. The number of carbonyl (C=O) groups excluding carboxylic acids is 3. The molecule has 0 aliphatic carbocycles. The van der Waals surface area contributed by atoms with Gasteiger partial charge in [0.2, 0.25) is 0 Å². The number of furan rings is 1. The van der Waals surface area contributed by atoms with Gasteiger partial charge in [0.05, 0.1) is 6.26 Å². The molecule has 0 aliphatic rings. The molecule has 2 N–H and O–H groups in total. The van der Waals surface area contributed by atoms with Crippen LogP contribution in [0.2, 0.25) is 5.02 Å². The molecule has 0 saturated carbocycles. The van der Waals surface area contributed by atoms with E-state index in [4.69, 9.17) is 16.0 Å². The minimum Gasteiger partial charge on any atom is -0.550 e. The average molecular weight is 376 g/mol. The lowest BCUT2D eigenvalue weighted by Crippen LogP contribution is -2.35. The fourth-order valence-electron chi connectivity index (χ4n) is 2.01. The van der Waals surface area contributed by atoms with Crippen LogP contribution in [0.25, 0.3) is 6.08 Å². The second-order valence-corrected chi connectivity index (χ2v) is 5.71. The Hall–Kier alpha value is -3.06. The van der Waals surface area contributed by atoms with Crippen molar-refractivity contribution in [3.05, 3.63) is 64.7 Å². The van der Waals surface area contributed by atoms with E-state index in [2.05, 4.69) is 10.6 Å². The van der Waals surface area contributed by atoms with E-state index in [0.717, 1.165) is 0 Å². The van der Waals surface area contributed by atoms with Crippen LogP contribution in [0.1, 0.15) is 29.0 Å². The molecule has 0 unspecified atom stereocenters. The molecule has 8 heteroatoms. The van der Waals surface area contributed by atoms with Gasteiger partial charge < -0.3 is 25.0 Å². The molecule has 136 valence electrons. The highest BCUT2D eigenvalue weighted by atomic mass is 35.5. The minimum absolute atomic E-state index is 0.0119. The number of carboxylic acid groups (broad SMARTS) is 1. The Labute approximate surface area is 154 Å². The number of hydrogen-bond acceptors (Lipinski definition) is 5. The Morgan fingerprint density at radius 2 is 1.88 bits per heavy atom. The molecular formula is C18H16ClN2O5-. The van der Waals surface area contributed by atoms with Crippen LogP contribution in [-0.4, -0.2) is 24.3 Å². The van der Waals surface area contributed by atoms with Gasteiger partial charge in [0.25, 0.3) is 11.8 Å². The lowest BCUT2D eigenvalue weighted by molar-refractivity contribution is -0.305. The summed E-state index contributed by atoms with van der Waals surface area (Å²) < 4.78 is 5.01. The monoisotopic (exact) mass is 375 g/mol. The van der Waals surface area contributed by atoms with Crippen LogP contribution in [0.4, 0.5) is 0 Å². The molecule has 0 radical (unpaired) electrons. The molecule has 0 atom stereocenters. The van der Waals surface area contributed by atoms with Crippen molar-refractivity contribution in [3.8, 4) is 0 Å². The average Bonchev–Trinajstić information content (AvgIpc) is 3.14. The van der Waals surface area contributed by atoms with E-state index in [9.17, 15) is 19.5 Å². The van der Waals surface area contributed by atoms with Crippen LogP contribution in [0.3, 0.4) is 0 Å². The number of carbonyl (C=O) groups is 3. The molecule has 0 fully saturated rings. The number of aliphatic carboxylic acids is 1. The summed E-state index contributed by atoms with van der Waals surface area (Å²) in [6.07, 6.45) is 2.87. The summed E-state index contributed by atoms with van der Waals surface area (Å²) in [5, 5.41) is 16.0. The number of nitrogens with one attached hydrogen (secondary N) is 2. The van der Waals surface area contributed by atoms with Gasteiger partial charge >= 0.3 is 0 Å². The van der Waals surface area contributed by atoms with Crippen LogP contribution >= 0.6 is 11.6 Å². The largest absolute Gasteiger partial charge is 0.550 e. The van der Waals surface area contributed by atoms with Gasteiger partial charge in [-0.3, -0.25) is 9.59 Å². The van der Waals surface area contributed by atoms with Gasteiger partial charge in [0.1, 0.15) is 5.70 Å². The van der Waals surface area contributed by atoms with Crippen molar-refractivity contribution in [3.63, 3.8) is 0 Å². The predicted molar refractivity (Wildman–Crippen MR) is 92.9 cm³/mol. The summed E-state index contributed by atoms with van der Waals surface area (Å²) >= 11 is 5.84. The first-order valence-electron chi connectivity index (χ1n) is 7.76. The highest BCUT2D eigenvalue weighted by Gasteiger charge is 2.16. The third-order valence-electron chi connectivity index (χ3n) is 3.26. The van der Waals surface area contributed by atoms with Crippen molar-refractivity contribution in [2.45, 2.75) is 12.8 Å². The number of rotatable bonds is 8. The van der Waals surface area contributed by atoms with Crippen molar-refractivity contribution < 1.29 is 23.9 Å². The lowest BCUT2D eigenvalue weighted by atomic mass is 10.2. The molecule has 1 aromatic heterocycles. The zero-order chi connectivity index (χ0) is 18.9. The zero-order valence-corrected chi connectivity index (χ0v) is 14.4. The summed E-state index contributed by atoms with van der Waals surface area (Å²) in [4.78, 5) is 34.9. The number of halogens is 1. The fourth-order valence-corrected chi connectivity index (χ4v) is 2.13. The van der Waals surface area contributed by atoms with E-state index < -0.39 is 17.8 Å². The molecule has 0 bridgehead atoms. The van der Waals surface area contributed by atoms with Gasteiger partial charge in [0.15, 0.2) is 5.76 Å². The SMILES string of the molecule is O=C([O-])CCCNC(=O)/C(=C\c1ccc(Cl)cc1)NC(=O)c1ccco1. The minimum atomic E-state index is -1.19. The number of hydrogen-bond donors (Lipinski definition) is 2. The Morgan fingerprint density at radius 1 is 1.15 bits per heavy atom. The van der Waals surface area contributed by atoms with Crippen molar-refractivity contribution in [1.29, 1.82) is 0 Å². The fraction of sp³-hybridized carbons (Fsp3) is 0.167. The van der Waals surface area contributed by atoms with Crippen LogP contribution in [0.15, 0.2) is 52.8 Å². The van der Waals surface area contributed by atoms with E-state index in [0.29, 0.717) is 10.6 Å². The van der Waals surface area contributed by atoms with Gasteiger partial charge in [0, 0.05) is 17.5 Å². The van der Waals surface area contributed by atoms with Crippen molar-refractivity contribution in [1.82, 2.24) is 10.6 Å². The molecular weight excluding hydrogens is 360 g/mol. The normalized spacial score (nSPS) is 11.0. The van der Waals surface area contributed by atoms with Crippen LogP contribution < -0.4 is 15.7 Å². The maximum Gasteiger partial charge on any atom is 0.291 e. The summed E-state index contributed by atoms with van der Waals surface area (Å²) in [7, 11) is 0. The van der Waals surface area contributed by atoms with Crippen LogP contribution in [-0.2, 0) is 9.59 Å². The predicted octanol–water partition coefficient (Wildman–Crippen LogP) is 1.35. The maximum atomic E-state index is 12.4. The van der Waals surface area contributed by atoms with E-state index in [1.807, 2.05) is 0 Å². The van der Waals surface area contributed by atoms with E-state index in [-0.39, 0.29) is 30.8 Å². The molecule has 0 spiro atoms. The zero-order valence-electron chi connectivity index (χ0n) is 13.7. The highest BCUT2D eigenvalue weighted by molar-refractivity contribution is 6.30. The van der Waals surface area contributed by atoms with Crippen molar-refractivity contribution in [2.75, 3.05) is 6.54 Å². The molecule has 1 heterocycles. The topological polar surface area (TPSA) is 111 Å². The van der Waals surface area contributed by atoms with Crippen LogP contribution in [0, 0.1) is 0 Å². The molecule has 2 aromatic rings. The van der Waals surface area contributed by atoms with E-state index >= 15 is 0 Å². The van der Waals surface area contributed by atoms with Gasteiger partial charge in [-0.2, -0.15) is 0 Å². The summed E-state index contributed by atoms with van der Waals surface area (Å²) in [5.41, 5.74) is 0.635. The van der Waals surface area contributed by atoms with Crippen LogP contribution in [0.5, 0.6) is 0 Å². The molecule has 2 amide bonds. The Morgan fingerprint density at radius 3 is 2.50 bits per heavy atom. The molecule has 0 aliphatic heterocycles. The summed E-state index contributed by atoms with van der Waals surface area (Å²) in [6.45, 7) is 0.126. The summed E-state index contributed by atoms with van der Waals surface area (Å²) in [6, 6.07) is 9.69. The molecule has 26 heavy (non-hydrogen) atoms. The highest BCUT2D eigenvalue weighted by Crippen LogP contribution is 2.12. The van der Waals surface area contributed by atoms with E-state index in [1.54, 1.807) is 30.3 Å². The summed E-state index contributed by atoms with van der Waals surface area (Å²) in [5.74, 6) is -2.28. The standard InChI is InChI=1S/C18H17ClN2O5/c19-13-7-5-12(6-8-13)11-14(17(24)20-9-1-4-16(22)23)21-18(25)15-3-2-10-26-15/h2-3,5-8,10-11H,1,4,9H2,(H,20,24)(H,21,25)(H,22,23)/p-1/b14-11+. The first kappa shape index (κ1) is 19.3. The lowest BCUT2D eigenvalue weighted by Gasteiger charge is -2.10. The van der Waals surface area contributed by atoms with Crippen molar-refractivity contribution in [2.24, 2.45) is 0 Å². The molecule has 2 rings (SSSR count). The number of amides is 2. The quantitative estimate of drug-likeness (QED) is 0.534. The third kappa shape index (κ3) is 6.10. The second kappa shape index (κ2) is 9.43. The Kier molecular flexibility index (Phi) is 6.99. The molecule has 7 nitrogen and oxygen atoms in total. The smallest absolute Gasteiger partial charge is 0.291 e. The van der Waals surface area contributed by atoms with Gasteiger partial charge in [-0.05, 0) is 48.7 Å². The molecule has 1 aromatic carbocycles. The first-order chi connectivity index (χ1) is 12.5. The van der Waals surface area contributed by atoms with Gasteiger partial charge in [-0.15, -0.1) is 0 Å². The molecule has 0 saturated heterocycles. The Bertz CT molecular complexity index is 797. The third-order valence-corrected chi connectivity index (χ3v) is 3.51. The Balaban J connectivity index is 2.12. The van der Waals surface area contributed by atoms with Gasteiger partial charge in [-0.25, -0.2) is 0 Å². The van der Waals surface area contributed by atoms with Gasteiger partial charge in [-0.1, -0.05) is 23.7 Å². The van der Waals surface area contributed by atoms with Crippen molar-refractivity contribution >= 4 is 35.5 Å². The number of benzene rings is 1. The number of carboxylic acids is 1. The second-order valence-electron chi connectivity index (χ2n) is 5.27. The van der Waals surface area contributed by atoms with E-state index in [1.165, 1.54) is 18.4 Å².